The number of carboxylic acids is 1. The number of carbonyl (C=O) groups is 2. The molecule has 0 bridgehead atoms. The monoisotopic (exact) mass is 642 g/mol. The topological polar surface area (TPSA) is 158 Å². The van der Waals surface area contributed by atoms with Crippen LogP contribution < -0.4 is 0 Å². The number of ketones is 1. The van der Waals surface area contributed by atoms with Gasteiger partial charge in [-0.25, -0.2) is 4.79 Å². The number of pyridine rings is 2. The van der Waals surface area contributed by atoms with Crippen LogP contribution in [-0.2, 0) is 9.59 Å². The number of nitrogens with zero attached hydrogens (tertiary/aromatic N) is 6. The van der Waals surface area contributed by atoms with Crippen LogP contribution >= 0.6 is 0 Å². The van der Waals surface area contributed by atoms with Crippen LogP contribution in [0.2, 0.25) is 0 Å². The Hall–Kier alpha value is -6.05. The molecule has 0 fully saturated rings. The molecule has 0 aliphatic rings. The van der Waals surface area contributed by atoms with Crippen LogP contribution in [-0.4, -0.2) is 53.4 Å². The normalized spacial score (nSPS) is 12.4. The number of Topliss-reactive ketones (excluding diaryl/α,β-unsaturated/α-hetero) is 1. The Balaban J connectivity index is 0.000000559. The standard InChI is InChI=1S/C31H24N6O3.C2HF3O2/c1-19(21-7-11-23(12-8-21)28-34-36-30(39-28)25-5-3-15-32-17-25)27(38)20(2)22-9-13-24(14-10-22)29-35-37-31(40-29)26-6-4-16-33-18-26;3-2(4,5)1(6)7/h3-20H,1-2H3;(H,6,7). The van der Waals surface area contributed by atoms with Crippen molar-refractivity contribution in [2.75, 3.05) is 0 Å². The fourth-order valence-corrected chi connectivity index (χ4v) is 4.42. The van der Waals surface area contributed by atoms with Crippen LogP contribution in [0.5, 0.6) is 0 Å². The zero-order valence-corrected chi connectivity index (χ0v) is 24.8. The third-order valence-electron chi connectivity index (χ3n) is 7.08. The molecule has 0 radical (unpaired) electrons. The molecule has 4 heterocycles. The molecule has 0 saturated heterocycles. The number of aromatic nitrogens is 6. The highest BCUT2D eigenvalue weighted by Crippen LogP contribution is 2.30. The molecule has 6 aromatic rings. The molecule has 0 spiro atoms. The molecule has 6 rings (SSSR count). The van der Waals surface area contributed by atoms with E-state index in [1.165, 1.54) is 0 Å². The summed E-state index contributed by atoms with van der Waals surface area (Å²) in [5, 5.41) is 23.7. The maximum atomic E-state index is 13.4. The third kappa shape index (κ3) is 7.79. The van der Waals surface area contributed by atoms with Crippen LogP contribution in [0.4, 0.5) is 13.2 Å². The van der Waals surface area contributed by atoms with Crippen molar-refractivity contribution in [2.24, 2.45) is 0 Å². The zero-order chi connectivity index (χ0) is 33.6. The molecular weight excluding hydrogens is 617 g/mol. The Bertz CT molecular complexity index is 1820. The summed E-state index contributed by atoms with van der Waals surface area (Å²) in [7, 11) is 0. The smallest absolute Gasteiger partial charge is 0.475 e. The van der Waals surface area contributed by atoms with Crippen molar-refractivity contribution in [3.8, 4) is 45.8 Å². The van der Waals surface area contributed by atoms with E-state index >= 15 is 0 Å². The first-order chi connectivity index (χ1) is 22.5. The van der Waals surface area contributed by atoms with Gasteiger partial charge in [-0.2, -0.15) is 13.2 Å². The second-order valence-corrected chi connectivity index (χ2v) is 10.2. The maximum absolute atomic E-state index is 13.4. The highest BCUT2D eigenvalue weighted by molar-refractivity contribution is 5.91. The zero-order valence-electron chi connectivity index (χ0n) is 24.8. The van der Waals surface area contributed by atoms with E-state index in [2.05, 4.69) is 30.4 Å². The van der Waals surface area contributed by atoms with Gasteiger partial charge in [-0.3, -0.25) is 14.8 Å². The first-order valence-corrected chi connectivity index (χ1v) is 14.0. The predicted octanol–water partition coefficient (Wildman–Crippen LogP) is 7.02. The molecule has 2 aromatic carbocycles. The quantitative estimate of drug-likeness (QED) is 0.182. The van der Waals surface area contributed by atoms with Gasteiger partial charge < -0.3 is 13.9 Å². The van der Waals surface area contributed by atoms with E-state index in [0.29, 0.717) is 23.6 Å². The van der Waals surface area contributed by atoms with Crippen molar-refractivity contribution < 1.29 is 36.7 Å². The minimum atomic E-state index is -5.08. The number of carboxylic acid groups (broad SMARTS) is 1. The second-order valence-electron chi connectivity index (χ2n) is 10.2. The van der Waals surface area contributed by atoms with Gasteiger partial charge in [0.15, 0.2) is 0 Å². The average Bonchev–Trinajstić information content (AvgIpc) is 3.80. The molecule has 47 heavy (non-hydrogen) atoms. The molecule has 0 amide bonds. The Morgan fingerprint density at radius 2 is 0.957 bits per heavy atom. The van der Waals surface area contributed by atoms with Crippen molar-refractivity contribution in [1.29, 1.82) is 0 Å². The molecule has 4 aromatic heterocycles. The van der Waals surface area contributed by atoms with E-state index in [1.807, 2.05) is 86.6 Å². The number of halogens is 3. The predicted molar refractivity (Wildman–Crippen MR) is 161 cm³/mol. The average molecular weight is 643 g/mol. The Morgan fingerprint density at radius 1 is 0.617 bits per heavy atom. The summed E-state index contributed by atoms with van der Waals surface area (Å²) < 4.78 is 43.4. The molecule has 1 N–H and O–H groups in total. The fourth-order valence-electron chi connectivity index (χ4n) is 4.42. The lowest BCUT2D eigenvalue weighted by molar-refractivity contribution is -0.192. The van der Waals surface area contributed by atoms with Crippen molar-refractivity contribution in [3.63, 3.8) is 0 Å². The van der Waals surface area contributed by atoms with Crippen LogP contribution in [0.25, 0.3) is 45.8 Å². The maximum Gasteiger partial charge on any atom is 0.490 e. The largest absolute Gasteiger partial charge is 0.490 e. The molecule has 0 saturated carbocycles. The molecule has 0 aliphatic heterocycles. The van der Waals surface area contributed by atoms with Gasteiger partial charge in [0.1, 0.15) is 5.78 Å². The fraction of sp³-hybridized carbons (Fsp3) is 0.152. The summed E-state index contributed by atoms with van der Waals surface area (Å²) in [6.45, 7) is 3.85. The number of alkyl halides is 3. The third-order valence-corrected chi connectivity index (χ3v) is 7.08. The molecule has 0 aliphatic carbocycles. The number of rotatable bonds is 8. The first kappa shape index (κ1) is 32.3. The number of aliphatic carboxylic acids is 1. The number of benzene rings is 2. The highest BCUT2D eigenvalue weighted by atomic mass is 19.4. The van der Waals surface area contributed by atoms with Crippen LogP contribution in [0.15, 0.2) is 106 Å². The van der Waals surface area contributed by atoms with E-state index < -0.39 is 12.1 Å². The Kier molecular flexibility index (Phi) is 9.59. The molecule has 2 unspecified atom stereocenters. The van der Waals surface area contributed by atoms with Gasteiger partial charge in [-0.05, 0) is 59.7 Å². The highest BCUT2D eigenvalue weighted by Gasteiger charge is 2.38. The lowest BCUT2D eigenvalue weighted by Gasteiger charge is -2.17. The summed E-state index contributed by atoms with van der Waals surface area (Å²) in [6.07, 6.45) is 1.64. The van der Waals surface area contributed by atoms with E-state index in [0.717, 1.165) is 33.4 Å². The minimum absolute atomic E-state index is 0.119. The van der Waals surface area contributed by atoms with Gasteiger partial charge in [0, 0.05) is 47.8 Å². The first-order valence-electron chi connectivity index (χ1n) is 14.0. The van der Waals surface area contributed by atoms with Crippen LogP contribution in [0, 0.1) is 0 Å². The number of hydrogen-bond acceptors (Lipinski definition) is 10. The minimum Gasteiger partial charge on any atom is -0.475 e. The van der Waals surface area contributed by atoms with Crippen molar-refractivity contribution in [2.45, 2.75) is 31.9 Å². The van der Waals surface area contributed by atoms with Gasteiger partial charge in [0.25, 0.3) is 0 Å². The van der Waals surface area contributed by atoms with Gasteiger partial charge in [0.2, 0.25) is 23.6 Å². The molecular formula is C33H25F3N6O5. The molecule has 14 heteroatoms. The van der Waals surface area contributed by atoms with Gasteiger partial charge in [-0.1, -0.05) is 38.1 Å². The van der Waals surface area contributed by atoms with E-state index in [-0.39, 0.29) is 17.6 Å². The van der Waals surface area contributed by atoms with Crippen molar-refractivity contribution >= 4 is 11.8 Å². The summed E-state index contributed by atoms with van der Waals surface area (Å²) in [4.78, 5) is 30.4. The lowest BCUT2D eigenvalue weighted by Crippen LogP contribution is -2.21. The van der Waals surface area contributed by atoms with E-state index in [9.17, 15) is 18.0 Å². The molecule has 238 valence electrons. The summed E-state index contributed by atoms with van der Waals surface area (Å²) in [6, 6.07) is 22.6. The molecule has 11 nitrogen and oxygen atoms in total. The summed E-state index contributed by atoms with van der Waals surface area (Å²) in [5.74, 6) is -1.60. The summed E-state index contributed by atoms with van der Waals surface area (Å²) in [5.41, 5.74) is 4.90. The number of hydrogen-bond donors (Lipinski definition) is 1. The molecule has 2 atom stereocenters. The summed E-state index contributed by atoms with van der Waals surface area (Å²) >= 11 is 0. The second kappa shape index (κ2) is 13.9. The SMILES string of the molecule is CC(C(=O)C(C)c1ccc(-c2nnc(-c3cccnc3)o2)cc1)c1ccc(-c2nnc(-c3cccnc3)o2)cc1.O=C(O)C(F)(F)F. The van der Waals surface area contributed by atoms with Crippen LogP contribution in [0.3, 0.4) is 0 Å². The van der Waals surface area contributed by atoms with E-state index in [1.54, 1.807) is 24.8 Å². The van der Waals surface area contributed by atoms with Gasteiger partial charge in [0.05, 0.1) is 11.1 Å². The van der Waals surface area contributed by atoms with Crippen molar-refractivity contribution in [3.05, 3.63) is 109 Å². The van der Waals surface area contributed by atoms with Crippen LogP contribution in [0.1, 0.15) is 36.8 Å². The lowest BCUT2D eigenvalue weighted by atomic mass is 9.85. The Morgan fingerprint density at radius 3 is 1.26 bits per heavy atom. The van der Waals surface area contributed by atoms with Crippen molar-refractivity contribution in [1.82, 2.24) is 30.4 Å². The van der Waals surface area contributed by atoms with Gasteiger partial charge in [-0.15, -0.1) is 20.4 Å². The van der Waals surface area contributed by atoms with Gasteiger partial charge >= 0.3 is 12.1 Å². The Labute approximate surface area is 265 Å². The van der Waals surface area contributed by atoms with E-state index in [4.69, 9.17) is 18.7 Å². The number of carbonyl (C=O) groups excluding carboxylic acids is 1.